The fourth-order valence-corrected chi connectivity index (χ4v) is 4.41. The second-order valence-electron chi connectivity index (χ2n) is 7.03. The summed E-state index contributed by atoms with van der Waals surface area (Å²) in [5, 5.41) is 3.62. The van der Waals surface area contributed by atoms with Crippen LogP contribution in [-0.4, -0.2) is 29.4 Å². The lowest BCUT2D eigenvalue weighted by atomic mass is 9.73. The zero-order valence-corrected chi connectivity index (χ0v) is 14.3. The highest BCUT2D eigenvalue weighted by Crippen LogP contribution is 2.50. The highest BCUT2D eigenvalue weighted by atomic mass is 35.5. The summed E-state index contributed by atoms with van der Waals surface area (Å²) in [6, 6.07) is 17.8. The van der Waals surface area contributed by atoms with Crippen LogP contribution < -0.4 is 5.32 Å². The molecule has 0 radical (unpaired) electrons. The van der Waals surface area contributed by atoms with E-state index in [4.69, 9.17) is 11.6 Å². The Balaban J connectivity index is 1.42. The Morgan fingerprint density at radius 2 is 1.83 bits per heavy atom. The summed E-state index contributed by atoms with van der Waals surface area (Å²) in [7, 11) is 0. The Kier molecular flexibility index (Phi) is 4.07. The minimum atomic E-state index is -0.0787. The molecule has 0 unspecified atom stereocenters. The number of benzene rings is 2. The van der Waals surface area contributed by atoms with E-state index in [1.807, 2.05) is 18.2 Å². The number of fused-ring (bicyclic) bond motifs is 1. The van der Waals surface area contributed by atoms with Crippen LogP contribution in [0.5, 0.6) is 0 Å². The molecule has 0 aromatic heterocycles. The molecule has 3 fully saturated rings. The first-order chi connectivity index (χ1) is 11.7. The molecule has 2 saturated heterocycles. The van der Waals surface area contributed by atoms with Crippen molar-refractivity contribution in [2.45, 2.75) is 24.9 Å². The van der Waals surface area contributed by atoms with Crippen LogP contribution in [0.4, 0.5) is 0 Å². The zero-order chi connectivity index (χ0) is 16.6. The van der Waals surface area contributed by atoms with Crippen LogP contribution >= 0.6 is 11.6 Å². The highest BCUT2D eigenvalue weighted by Gasteiger charge is 2.55. The molecule has 3 nitrogen and oxygen atoms in total. The SMILES string of the molecule is O=C(NCC12CC(CN1Cc1ccccc1)C2)c1ccccc1Cl. The number of amides is 1. The molecular formula is C20H21ClN2O. The minimum absolute atomic E-state index is 0.0787. The number of nitrogens with one attached hydrogen (secondary N) is 1. The second kappa shape index (κ2) is 6.23. The normalized spacial score (nSPS) is 25.3. The fraction of sp³-hybridized carbons (Fsp3) is 0.350. The third-order valence-corrected chi connectivity index (χ3v) is 5.73. The van der Waals surface area contributed by atoms with Gasteiger partial charge in [-0.25, -0.2) is 0 Å². The van der Waals surface area contributed by atoms with Gasteiger partial charge in [-0.15, -0.1) is 0 Å². The van der Waals surface area contributed by atoms with E-state index >= 15 is 0 Å². The van der Waals surface area contributed by atoms with Crippen molar-refractivity contribution in [2.75, 3.05) is 13.1 Å². The lowest BCUT2D eigenvalue weighted by molar-refractivity contribution is 0.0798. The van der Waals surface area contributed by atoms with Crippen molar-refractivity contribution in [1.82, 2.24) is 10.2 Å². The summed E-state index contributed by atoms with van der Waals surface area (Å²) in [4.78, 5) is 15.0. The fourth-order valence-electron chi connectivity index (χ4n) is 4.19. The summed E-state index contributed by atoms with van der Waals surface area (Å²) < 4.78 is 0. The minimum Gasteiger partial charge on any atom is -0.350 e. The van der Waals surface area contributed by atoms with Gasteiger partial charge in [0, 0.05) is 25.2 Å². The first-order valence-electron chi connectivity index (χ1n) is 8.48. The van der Waals surface area contributed by atoms with E-state index in [0.29, 0.717) is 17.1 Å². The topological polar surface area (TPSA) is 32.3 Å². The largest absolute Gasteiger partial charge is 0.350 e. The summed E-state index contributed by atoms with van der Waals surface area (Å²) in [6.07, 6.45) is 2.37. The maximum Gasteiger partial charge on any atom is 0.252 e. The first-order valence-corrected chi connectivity index (χ1v) is 8.86. The predicted molar refractivity (Wildman–Crippen MR) is 96.1 cm³/mol. The molecule has 5 rings (SSSR count). The molecule has 1 N–H and O–H groups in total. The molecule has 0 spiro atoms. The molecule has 2 bridgehead atoms. The molecule has 2 aromatic rings. The molecule has 24 heavy (non-hydrogen) atoms. The van der Waals surface area contributed by atoms with Gasteiger partial charge in [0.2, 0.25) is 0 Å². The standard InChI is InChI=1S/C20H21ClN2O/c21-18-9-5-4-8-17(18)19(24)22-14-20-10-16(11-20)13-23(20)12-15-6-2-1-3-7-15/h1-9,16H,10-14H2,(H,22,24). The van der Waals surface area contributed by atoms with Crippen molar-refractivity contribution in [1.29, 1.82) is 0 Å². The Hall–Kier alpha value is -1.84. The Morgan fingerprint density at radius 1 is 1.12 bits per heavy atom. The molecule has 1 aliphatic carbocycles. The monoisotopic (exact) mass is 340 g/mol. The van der Waals surface area contributed by atoms with Gasteiger partial charge >= 0.3 is 0 Å². The van der Waals surface area contributed by atoms with Crippen LogP contribution in [0.15, 0.2) is 54.6 Å². The molecule has 2 aliphatic heterocycles. The second-order valence-corrected chi connectivity index (χ2v) is 7.43. The van der Waals surface area contributed by atoms with Crippen LogP contribution in [0.2, 0.25) is 5.02 Å². The van der Waals surface area contributed by atoms with Crippen molar-refractivity contribution >= 4 is 17.5 Å². The lowest BCUT2D eigenvalue weighted by Gasteiger charge is -2.42. The van der Waals surface area contributed by atoms with Gasteiger partial charge < -0.3 is 5.32 Å². The Labute approximate surface area is 147 Å². The maximum absolute atomic E-state index is 12.4. The van der Waals surface area contributed by atoms with Gasteiger partial charge in [0.15, 0.2) is 0 Å². The van der Waals surface area contributed by atoms with Gasteiger partial charge in [0.05, 0.1) is 10.6 Å². The molecule has 124 valence electrons. The van der Waals surface area contributed by atoms with Crippen molar-refractivity contribution in [3.63, 3.8) is 0 Å². The highest BCUT2D eigenvalue weighted by molar-refractivity contribution is 6.33. The van der Waals surface area contributed by atoms with Gasteiger partial charge in [0.1, 0.15) is 0 Å². The summed E-state index contributed by atoms with van der Waals surface area (Å²) in [5.41, 5.74) is 2.01. The van der Waals surface area contributed by atoms with Crippen molar-refractivity contribution in [3.8, 4) is 0 Å². The van der Waals surface area contributed by atoms with Gasteiger partial charge in [-0.2, -0.15) is 0 Å². The summed E-state index contributed by atoms with van der Waals surface area (Å²) >= 11 is 6.12. The van der Waals surface area contributed by atoms with Crippen molar-refractivity contribution in [2.24, 2.45) is 5.92 Å². The number of rotatable bonds is 5. The van der Waals surface area contributed by atoms with Crippen LogP contribution in [0.25, 0.3) is 0 Å². The van der Waals surface area contributed by atoms with E-state index in [9.17, 15) is 4.79 Å². The third kappa shape index (κ3) is 2.83. The molecular weight excluding hydrogens is 320 g/mol. The van der Waals surface area contributed by atoms with Crippen LogP contribution in [0.1, 0.15) is 28.8 Å². The quantitative estimate of drug-likeness (QED) is 0.899. The molecule has 1 amide bonds. The van der Waals surface area contributed by atoms with Crippen molar-refractivity contribution < 1.29 is 4.79 Å². The number of hydrogen-bond donors (Lipinski definition) is 1. The lowest BCUT2D eigenvalue weighted by Crippen LogP contribution is -2.53. The van der Waals surface area contributed by atoms with E-state index in [2.05, 4.69) is 34.5 Å². The van der Waals surface area contributed by atoms with Gasteiger partial charge in [-0.1, -0.05) is 54.1 Å². The zero-order valence-electron chi connectivity index (χ0n) is 13.5. The van der Waals surface area contributed by atoms with Gasteiger partial charge in [-0.05, 0) is 36.5 Å². The smallest absolute Gasteiger partial charge is 0.252 e. The maximum atomic E-state index is 12.4. The molecule has 2 heterocycles. The molecule has 2 aromatic carbocycles. The van der Waals surface area contributed by atoms with E-state index in [0.717, 1.165) is 19.0 Å². The van der Waals surface area contributed by atoms with E-state index in [1.54, 1.807) is 12.1 Å². The molecule has 3 aliphatic rings. The first kappa shape index (κ1) is 15.7. The number of nitrogens with zero attached hydrogens (tertiary/aromatic N) is 1. The summed E-state index contributed by atoms with van der Waals surface area (Å²) in [5.74, 6) is 0.705. The Morgan fingerprint density at radius 3 is 2.58 bits per heavy atom. The molecule has 0 atom stereocenters. The number of halogens is 1. The van der Waals surface area contributed by atoms with E-state index in [-0.39, 0.29) is 11.4 Å². The average Bonchev–Trinajstić information content (AvgIpc) is 3.08. The number of hydrogen-bond acceptors (Lipinski definition) is 2. The number of carbonyl (C=O) groups is 1. The van der Waals surface area contributed by atoms with Crippen molar-refractivity contribution in [3.05, 3.63) is 70.7 Å². The van der Waals surface area contributed by atoms with E-state index < -0.39 is 0 Å². The molecule has 1 saturated carbocycles. The molecule has 4 heteroatoms. The number of carbonyl (C=O) groups excluding carboxylic acids is 1. The van der Waals surface area contributed by atoms with E-state index in [1.165, 1.54) is 18.4 Å². The van der Waals surface area contributed by atoms with Crippen LogP contribution in [-0.2, 0) is 6.54 Å². The average molecular weight is 341 g/mol. The third-order valence-electron chi connectivity index (χ3n) is 5.40. The summed E-state index contributed by atoms with van der Waals surface area (Å²) in [6.45, 7) is 2.79. The van der Waals surface area contributed by atoms with Gasteiger partial charge in [-0.3, -0.25) is 9.69 Å². The van der Waals surface area contributed by atoms with Crippen LogP contribution in [0, 0.1) is 5.92 Å². The predicted octanol–water partition coefficient (Wildman–Crippen LogP) is 3.73. The van der Waals surface area contributed by atoms with Gasteiger partial charge in [0.25, 0.3) is 5.91 Å². The Bertz CT molecular complexity index is 740. The van der Waals surface area contributed by atoms with Crippen LogP contribution in [0.3, 0.4) is 0 Å².